The first-order chi connectivity index (χ1) is 25.8. The Morgan fingerprint density at radius 2 is 0.962 bits per heavy atom. The number of benzene rings is 7. The number of para-hydroxylation sites is 2. The van der Waals surface area contributed by atoms with Gasteiger partial charge in [-0.1, -0.05) is 133 Å². The molecule has 0 aliphatic heterocycles. The van der Waals surface area contributed by atoms with Crippen LogP contribution in [0.25, 0.3) is 103 Å². The van der Waals surface area contributed by atoms with Crippen LogP contribution in [0.1, 0.15) is 0 Å². The Hall–Kier alpha value is -6.62. The number of hydrogen-bond acceptors (Lipinski definition) is 3. The van der Waals surface area contributed by atoms with Crippen molar-refractivity contribution in [3.8, 4) is 39.3 Å². The maximum absolute atomic E-state index is 5.29. The maximum atomic E-state index is 5.29. The van der Waals surface area contributed by atoms with Crippen LogP contribution in [0.4, 0.5) is 0 Å². The molecule has 0 aliphatic rings. The van der Waals surface area contributed by atoms with Crippen molar-refractivity contribution in [2.45, 2.75) is 0 Å². The van der Waals surface area contributed by atoms with Crippen LogP contribution in [-0.4, -0.2) is 14.5 Å². The van der Waals surface area contributed by atoms with E-state index in [1.165, 1.54) is 53.1 Å². The Bertz CT molecular complexity index is 3130. The topological polar surface area (TPSA) is 30.7 Å². The third kappa shape index (κ3) is 4.51. The second-order valence-electron chi connectivity index (χ2n) is 13.4. The van der Waals surface area contributed by atoms with Gasteiger partial charge in [-0.3, -0.25) is 0 Å². The summed E-state index contributed by atoms with van der Waals surface area (Å²) in [5, 5.41) is 7.30. The highest BCUT2D eigenvalue weighted by Gasteiger charge is 2.14. The molecule has 4 heteroatoms. The van der Waals surface area contributed by atoms with Gasteiger partial charge >= 0.3 is 0 Å². The van der Waals surface area contributed by atoms with Crippen molar-refractivity contribution < 1.29 is 0 Å². The molecular weight excluding hydrogens is 651 g/mol. The average molecular weight is 680 g/mol. The predicted molar refractivity (Wildman–Crippen MR) is 221 cm³/mol. The normalized spacial score (nSPS) is 11.8. The van der Waals surface area contributed by atoms with Gasteiger partial charge in [0.2, 0.25) is 0 Å². The van der Waals surface area contributed by atoms with Gasteiger partial charge in [-0.2, -0.15) is 0 Å². The average Bonchev–Trinajstić information content (AvgIpc) is 3.77. The van der Waals surface area contributed by atoms with Gasteiger partial charge in [-0.15, -0.1) is 11.3 Å². The third-order valence-electron chi connectivity index (χ3n) is 10.4. The van der Waals surface area contributed by atoms with E-state index < -0.39 is 0 Å². The zero-order valence-corrected chi connectivity index (χ0v) is 28.8. The number of pyridine rings is 2. The van der Waals surface area contributed by atoms with Crippen molar-refractivity contribution >= 4 is 75.1 Å². The summed E-state index contributed by atoms with van der Waals surface area (Å²) in [4.78, 5) is 10.5. The summed E-state index contributed by atoms with van der Waals surface area (Å²) < 4.78 is 5.00. The van der Waals surface area contributed by atoms with Gasteiger partial charge in [-0.05, 0) is 53.6 Å². The van der Waals surface area contributed by atoms with Crippen LogP contribution in [0.2, 0.25) is 0 Å². The first-order valence-electron chi connectivity index (χ1n) is 17.6. The van der Waals surface area contributed by atoms with Crippen molar-refractivity contribution in [1.29, 1.82) is 0 Å². The summed E-state index contributed by atoms with van der Waals surface area (Å²) in [7, 11) is 0. The summed E-state index contributed by atoms with van der Waals surface area (Å²) in [6.07, 6.45) is 0. The molecule has 242 valence electrons. The van der Waals surface area contributed by atoms with Gasteiger partial charge in [0.25, 0.3) is 0 Å². The zero-order chi connectivity index (χ0) is 34.2. The Morgan fingerprint density at radius 1 is 0.404 bits per heavy atom. The van der Waals surface area contributed by atoms with Crippen LogP contribution in [0.15, 0.2) is 176 Å². The van der Waals surface area contributed by atoms with E-state index in [4.69, 9.17) is 9.97 Å². The minimum Gasteiger partial charge on any atom is -0.309 e. The lowest BCUT2D eigenvalue weighted by Gasteiger charge is -2.11. The summed E-state index contributed by atoms with van der Waals surface area (Å²) in [6.45, 7) is 0. The molecule has 0 unspecified atom stereocenters. The van der Waals surface area contributed by atoms with E-state index in [1.807, 2.05) is 11.3 Å². The molecule has 0 amide bonds. The summed E-state index contributed by atoms with van der Waals surface area (Å²) in [5.74, 6) is 0. The molecule has 0 aliphatic carbocycles. The SMILES string of the molecule is c1cc(-c2ccc3ccc4ccc(-c5ccc(-c6cccc7c6sc6ccccc67)cc5)nc4c3n2)cc(-n2c3ccccc3c3ccccc32)c1. The first kappa shape index (κ1) is 29.1. The van der Waals surface area contributed by atoms with Gasteiger partial charge in [0.1, 0.15) is 0 Å². The lowest BCUT2D eigenvalue weighted by atomic mass is 10.00. The molecular formula is C48H29N3S. The molecule has 52 heavy (non-hydrogen) atoms. The van der Waals surface area contributed by atoms with Gasteiger partial charge in [-0.25, -0.2) is 9.97 Å². The highest BCUT2D eigenvalue weighted by Crippen LogP contribution is 2.40. The molecule has 4 heterocycles. The maximum Gasteiger partial charge on any atom is 0.0972 e. The molecule has 0 spiro atoms. The van der Waals surface area contributed by atoms with Crippen molar-refractivity contribution in [3.05, 3.63) is 176 Å². The molecule has 3 nitrogen and oxygen atoms in total. The van der Waals surface area contributed by atoms with Crippen LogP contribution in [-0.2, 0) is 0 Å². The standard InChI is InChI=1S/C48H29N3S/c1-4-16-43-37(11-1)38-12-2-5-17-44(38)51(43)35-10-7-9-34(29-35)42-28-26-33-24-23-32-25-27-41(49-46(32)47(33)50-42)31-21-19-30(20-22-31)36-14-8-15-40-39-13-3-6-18-45(39)52-48(36)40/h1-29H. The molecule has 0 saturated heterocycles. The first-order valence-corrected chi connectivity index (χ1v) is 18.4. The van der Waals surface area contributed by atoms with Crippen LogP contribution in [0.5, 0.6) is 0 Å². The van der Waals surface area contributed by atoms with E-state index in [1.54, 1.807) is 0 Å². The fraction of sp³-hybridized carbons (Fsp3) is 0. The molecule has 0 radical (unpaired) electrons. The Morgan fingerprint density at radius 3 is 1.67 bits per heavy atom. The third-order valence-corrected chi connectivity index (χ3v) is 11.6. The highest BCUT2D eigenvalue weighted by molar-refractivity contribution is 7.26. The van der Waals surface area contributed by atoms with E-state index in [0.29, 0.717) is 0 Å². The molecule has 0 fully saturated rings. The Labute approximate surface area is 303 Å². The number of rotatable bonds is 4. The van der Waals surface area contributed by atoms with Crippen molar-refractivity contribution in [2.75, 3.05) is 0 Å². The second-order valence-corrected chi connectivity index (χ2v) is 14.4. The largest absolute Gasteiger partial charge is 0.309 e. The lowest BCUT2D eigenvalue weighted by Crippen LogP contribution is -1.95. The van der Waals surface area contributed by atoms with Gasteiger partial charge in [0.15, 0.2) is 0 Å². The van der Waals surface area contributed by atoms with Crippen LogP contribution in [0, 0.1) is 0 Å². The zero-order valence-electron chi connectivity index (χ0n) is 28.0. The number of nitrogens with zero attached hydrogens (tertiary/aromatic N) is 3. The number of thiophene rings is 1. The summed E-state index contributed by atoms with van der Waals surface area (Å²) >= 11 is 1.87. The molecule has 0 atom stereocenters. The number of aromatic nitrogens is 3. The lowest BCUT2D eigenvalue weighted by molar-refractivity contribution is 1.18. The molecule has 0 N–H and O–H groups in total. The molecule has 7 aromatic carbocycles. The van der Waals surface area contributed by atoms with Gasteiger partial charge < -0.3 is 4.57 Å². The molecule has 11 rings (SSSR count). The quantitative estimate of drug-likeness (QED) is 0.173. The molecule has 0 bridgehead atoms. The highest BCUT2D eigenvalue weighted by atomic mass is 32.1. The molecule has 4 aromatic heterocycles. The minimum absolute atomic E-state index is 0.909. The molecule has 11 aromatic rings. The van der Waals surface area contributed by atoms with E-state index >= 15 is 0 Å². The van der Waals surface area contributed by atoms with Crippen molar-refractivity contribution in [3.63, 3.8) is 0 Å². The predicted octanol–water partition coefficient (Wildman–Crippen LogP) is 13.2. The van der Waals surface area contributed by atoms with Crippen molar-refractivity contribution in [1.82, 2.24) is 14.5 Å². The van der Waals surface area contributed by atoms with Gasteiger partial charge in [0, 0.05) is 58.5 Å². The second kappa shape index (κ2) is 11.5. The van der Waals surface area contributed by atoms with E-state index in [2.05, 4.69) is 180 Å². The fourth-order valence-corrected chi connectivity index (χ4v) is 9.13. The Balaban J connectivity index is 0.991. The summed E-state index contributed by atoms with van der Waals surface area (Å²) in [6, 6.07) is 63.0. The van der Waals surface area contributed by atoms with Crippen LogP contribution in [0.3, 0.4) is 0 Å². The van der Waals surface area contributed by atoms with Gasteiger partial charge in [0.05, 0.1) is 33.5 Å². The monoisotopic (exact) mass is 679 g/mol. The smallest absolute Gasteiger partial charge is 0.0972 e. The van der Waals surface area contributed by atoms with E-state index in [0.717, 1.165) is 50.0 Å². The van der Waals surface area contributed by atoms with E-state index in [9.17, 15) is 0 Å². The van der Waals surface area contributed by atoms with Crippen molar-refractivity contribution in [2.24, 2.45) is 0 Å². The van der Waals surface area contributed by atoms with Crippen LogP contribution < -0.4 is 0 Å². The van der Waals surface area contributed by atoms with E-state index in [-0.39, 0.29) is 0 Å². The number of fused-ring (bicyclic) bond motifs is 9. The number of hydrogen-bond donors (Lipinski definition) is 0. The Kier molecular flexibility index (Phi) is 6.42. The fourth-order valence-electron chi connectivity index (χ4n) is 7.89. The minimum atomic E-state index is 0.909. The molecule has 0 saturated carbocycles. The summed E-state index contributed by atoms with van der Waals surface area (Å²) in [5.41, 5.74) is 11.8. The van der Waals surface area contributed by atoms with Crippen LogP contribution >= 0.6 is 11.3 Å².